The third kappa shape index (κ3) is 3.69. The van der Waals surface area contributed by atoms with Crippen LogP contribution in [-0.4, -0.2) is 66.2 Å². The first-order valence-corrected chi connectivity index (χ1v) is 11.2. The Balaban J connectivity index is 1.36. The van der Waals surface area contributed by atoms with Crippen molar-refractivity contribution in [1.29, 1.82) is 0 Å². The van der Waals surface area contributed by atoms with Gasteiger partial charge in [-0.15, -0.1) is 11.3 Å². The monoisotopic (exact) mass is 392 g/mol. The van der Waals surface area contributed by atoms with E-state index in [1.54, 1.807) is 4.88 Å². The highest BCUT2D eigenvalue weighted by Crippen LogP contribution is 2.46. The number of rotatable bonds is 5. The summed E-state index contributed by atoms with van der Waals surface area (Å²) >= 11 is 1.99. The molecule has 0 bridgehead atoms. The molecule has 27 heavy (non-hydrogen) atoms. The molecule has 4 rings (SSSR count). The van der Waals surface area contributed by atoms with Gasteiger partial charge in [-0.3, -0.25) is 4.79 Å². The Labute approximate surface area is 166 Å². The number of nitrogens with zero attached hydrogens (tertiary/aromatic N) is 2. The summed E-state index contributed by atoms with van der Waals surface area (Å²) in [4.78, 5) is 19.3. The summed E-state index contributed by atoms with van der Waals surface area (Å²) in [5.74, 6) is 0.659. The van der Waals surface area contributed by atoms with E-state index in [0.717, 1.165) is 58.5 Å². The van der Waals surface area contributed by atoms with Crippen LogP contribution in [0.15, 0.2) is 6.07 Å². The van der Waals surface area contributed by atoms with Crippen molar-refractivity contribution < 1.29 is 14.6 Å². The van der Waals surface area contributed by atoms with Gasteiger partial charge in [0.15, 0.2) is 0 Å². The van der Waals surface area contributed by atoms with Crippen LogP contribution in [0.25, 0.3) is 0 Å². The molecule has 0 unspecified atom stereocenters. The molecule has 1 aromatic rings. The van der Waals surface area contributed by atoms with E-state index in [2.05, 4.69) is 24.8 Å². The van der Waals surface area contributed by atoms with Crippen LogP contribution in [0.4, 0.5) is 0 Å². The van der Waals surface area contributed by atoms with Crippen molar-refractivity contribution in [2.75, 3.05) is 39.4 Å². The fourth-order valence-electron chi connectivity index (χ4n) is 5.02. The molecule has 2 fully saturated rings. The van der Waals surface area contributed by atoms with Gasteiger partial charge in [0.25, 0.3) is 0 Å². The largest absolute Gasteiger partial charge is 0.396 e. The van der Waals surface area contributed by atoms with Crippen LogP contribution in [0.1, 0.15) is 48.4 Å². The zero-order valence-corrected chi connectivity index (χ0v) is 17.4. The highest BCUT2D eigenvalue weighted by Gasteiger charge is 2.45. The quantitative estimate of drug-likeness (QED) is 0.836. The third-order valence-electron chi connectivity index (χ3n) is 6.59. The van der Waals surface area contributed by atoms with Crippen molar-refractivity contribution in [3.8, 4) is 0 Å². The van der Waals surface area contributed by atoms with Gasteiger partial charge in [0, 0.05) is 60.7 Å². The molecule has 5 nitrogen and oxygen atoms in total. The first-order valence-electron chi connectivity index (χ1n) is 10.4. The second-order valence-corrected chi connectivity index (χ2v) is 9.65. The Morgan fingerprint density at radius 1 is 1.44 bits per heavy atom. The van der Waals surface area contributed by atoms with Gasteiger partial charge in [-0.1, -0.05) is 6.92 Å². The number of aryl methyl sites for hydroxylation is 1. The van der Waals surface area contributed by atoms with Crippen LogP contribution in [0.5, 0.6) is 0 Å². The van der Waals surface area contributed by atoms with E-state index in [0.29, 0.717) is 12.0 Å². The predicted molar refractivity (Wildman–Crippen MR) is 107 cm³/mol. The summed E-state index contributed by atoms with van der Waals surface area (Å²) in [6, 6.07) is 2.91. The molecule has 0 aromatic carbocycles. The summed E-state index contributed by atoms with van der Waals surface area (Å²) in [5.41, 5.74) is 1.41. The van der Waals surface area contributed by atoms with Gasteiger partial charge in [-0.2, -0.15) is 0 Å². The number of carbonyl (C=O) groups is 1. The van der Waals surface area contributed by atoms with Crippen molar-refractivity contribution in [3.05, 3.63) is 21.4 Å². The molecule has 0 aliphatic carbocycles. The molecule has 150 valence electrons. The first kappa shape index (κ1) is 19.4. The standard InChI is InChI=1S/C21H32N2O3S/c1-3-17-10-18-19(27-17)5-9-26-21(18)6-7-22(15(2)11-21)12-16-13-23(14-16)20(25)4-8-24/h10,15-16,24H,3-9,11-14H2,1-2H3/t15-,21+/m0/s1. The number of aliphatic hydroxyl groups excluding tert-OH is 1. The summed E-state index contributed by atoms with van der Waals surface area (Å²) in [5, 5.41) is 8.91. The summed E-state index contributed by atoms with van der Waals surface area (Å²) in [6.07, 6.45) is 4.58. The lowest BCUT2D eigenvalue weighted by Crippen LogP contribution is -2.57. The number of fused-ring (bicyclic) bond motifs is 2. The van der Waals surface area contributed by atoms with E-state index < -0.39 is 0 Å². The highest BCUT2D eigenvalue weighted by atomic mass is 32.1. The Kier molecular flexibility index (Phi) is 5.61. The molecule has 1 aromatic heterocycles. The summed E-state index contributed by atoms with van der Waals surface area (Å²) in [7, 11) is 0. The fourth-order valence-corrected chi connectivity index (χ4v) is 6.20. The third-order valence-corrected chi connectivity index (χ3v) is 7.93. The molecular formula is C21H32N2O3S. The fraction of sp³-hybridized carbons (Fsp3) is 0.762. The maximum absolute atomic E-state index is 11.8. The molecular weight excluding hydrogens is 360 g/mol. The van der Waals surface area contributed by atoms with Crippen LogP contribution >= 0.6 is 11.3 Å². The van der Waals surface area contributed by atoms with Crippen molar-refractivity contribution in [2.24, 2.45) is 5.92 Å². The molecule has 3 aliphatic rings. The molecule has 1 spiro atoms. The van der Waals surface area contributed by atoms with Crippen molar-refractivity contribution in [1.82, 2.24) is 9.80 Å². The number of ether oxygens (including phenoxy) is 1. The van der Waals surface area contributed by atoms with E-state index in [1.165, 1.54) is 10.4 Å². The van der Waals surface area contributed by atoms with Gasteiger partial charge in [-0.25, -0.2) is 0 Å². The van der Waals surface area contributed by atoms with E-state index >= 15 is 0 Å². The number of piperidine rings is 1. The van der Waals surface area contributed by atoms with Gasteiger partial charge >= 0.3 is 0 Å². The van der Waals surface area contributed by atoms with E-state index in [4.69, 9.17) is 9.84 Å². The molecule has 3 aliphatic heterocycles. The van der Waals surface area contributed by atoms with Crippen LogP contribution < -0.4 is 0 Å². The minimum Gasteiger partial charge on any atom is -0.396 e. The Morgan fingerprint density at radius 3 is 2.96 bits per heavy atom. The lowest BCUT2D eigenvalue weighted by atomic mass is 9.79. The van der Waals surface area contributed by atoms with Gasteiger partial charge in [0.1, 0.15) is 0 Å². The maximum atomic E-state index is 11.8. The van der Waals surface area contributed by atoms with E-state index in [-0.39, 0.29) is 24.5 Å². The minimum atomic E-state index is -0.0733. The Morgan fingerprint density at radius 2 is 2.26 bits per heavy atom. The van der Waals surface area contributed by atoms with Crippen molar-refractivity contribution >= 4 is 17.2 Å². The van der Waals surface area contributed by atoms with E-state index in [9.17, 15) is 4.79 Å². The zero-order chi connectivity index (χ0) is 19.0. The Hall–Kier alpha value is -0.950. The normalized spacial score (nSPS) is 29.0. The molecule has 1 N–H and O–H groups in total. The Bertz CT molecular complexity index is 685. The predicted octanol–water partition coefficient (Wildman–Crippen LogP) is 2.40. The van der Waals surface area contributed by atoms with Crippen LogP contribution in [0.3, 0.4) is 0 Å². The zero-order valence-electron chi connectivity index (χ0n) is 16.6. The lowest BCUT2D eigenvalue weighted by molar-refractivity contribution is -0.140. The number of aliphatic hydroxyl groups is 1. The number of hydrogen-bond donors (Lipinski definition) is 1. The van der Waals surface area contributed by atoms with E-state index in [1.807, 2.05) is 16.2 Å². The summed E-state index contributed by atoms with van der Waals surface area (Å²) < 4.78 is 6.43. The number of thiophene rings is 1. The number of carbonyl (C=O) groups excluding carboxylic acids is 1. The average Bonchev–Trinajstić information content (AvgIpc) is 3.05. The van der Waals surface area contributed by atoms with Crippen LogP contribution in [-0.2, 0) is 28.0 Å². The van der Waals surface area contributed by atoms with Crippen LogP contribution in [0, 0.1) is 5.92 Å². The molecule has 6 heteroatoms. The van der Waals surface area contributed by atoms with Crippen molar-refractivity contribution in [2.45, 2.75) is 57.6 Å². The molecule has 1 amide bonds. The van der Waals surface area contributed by atoms with Gasteiger partial charge in [0.05, 0.1) is 18.8 Å². The van der Waals surface area contributed by atoms with Gasteiger partial charge in [0.2, 0.25) is 5.91 Å². The number of hydrogen-bond acceptors (Lipinski definition) is 5. The minimum absolute atomic E-state index is 0.0461. The van der Waals surface area contributed by atoms with Crippen LogP contribution in [0.2, 0.25) is 0 Å². The smallest absolute Gasteiger partial charge is 0.224 e. The van der Waals surface area contributed by atoms with Gasteiger partial charge < -0.3 is 19.6 Å². The first-order chi connectivity index (χ1) is 13.0. The lowest BCUT2D eigenvalue weighted by Gasteiger charge is -2.49. The van der Waals surface area contributed by atoms with Gasteiger partial charge in [-0.05, 0) is 37.8 Å². The number of amides is 1. The molecule has 4 heterocycles. The number of likely N-dealkylation sites (tertiary alicyclic amines) is 2. The molecule has 2 saturated heterocycles. The highest BCUT2D eigenvalue weighted by molar-refractivity contribution is 7.12. The average molecular weight is 393 g/mol. The maximum Gasteiger partial charge on any atom is 0.224 e. The molecule has 0 saturated carbocycles. The molecule has 2 atom stereocenters. The SMILES string of the molecule is CCc1cc2c(s1)CCO[C@@]21CCN(CC2CN(C(=O)CCO)C2)[C@@H](C)C1. The molecule has 0 radical (unpaired) electrons. The summed E-state index contributed by atoms with van der Waals surface area (Å²) in [6.45, 7) is 9.21. The second-order valence-electron chi connectivity index (χ2n) is 8.43. The topological polar surface area (TPSA) is 53.0 Å². The second kappa shape index (κ2) is 7.82. The van der Waals surface area contributed by atoms with Crippen molar-refractivity contribution in [3.63, 3.8) is 0 Å².